The summed E-state index contributed by atoms with van der Waals surface area (Å²) in [7, 11) is -4.40. The van der Waals surface area contributed by atoms with Crippen LogP contribution in [0.1, 0.15) is 406 Å². The van der Waals surface area contributed by atoms with Gasteiger partial charge in [-0.2, -0.15) is 0 Å². The van der Waals surface area contributed by atoms with Crippen molar-refractivity contribution in [3.8, 4) is 0 Å². The second-order valence-corrected chi connectivity index (χ2v) is 28.7. The molecule has 0 aliphatic heterocycles. The van der Waals surface area contributed by atoms with Crippen LogP contribution in [-0.2, 0) is 32.7 Å². The van der Waals surface area contributed by atoms with Crippen molar-refractivity contribution in [1.82, 2.24) is 0 Å². The fourth-order valence-corrected chi connectivity index (χ4v) is 12.9. The molecule has 0 saturated carbocycles. The molecule has 548 valence electrons. The van der Waals surface area contributed by atoms with Crippen molar-refractivity contribution >= 4 is 19.8 Å². The molecule has 94 heavy (non-hydrogen) atoms. The van der Waals surface area contributed by atoms with E-state index in [0.717, 1.165) is 77.0 Å². The Morgan fingerprint density at radius 2 is 0.585 bits per heavy atom. The number of hydrogen-bond donors (Lipinski definition) is 2. The van der Waals surface area contributed by atoms with Crippen LogP contribution in [0.3, 0.4) is 0 Å². The normalized spacial score (nSPS) is 13.3. The summed E-state index contributed by atoms with van der Waals surface area (Å²) in [6, 6.07) is 0. The molecule has 0 fully saturated rings. The van der Waals surface area contributed by atoms with Gasteiger partial charge in [-0.1, -0.05) is 407 Å². The van der Waals surface area contributed by atoms with E-state index in [-0.39, 0.29) is 38.6 Å². The molecule has 2 atom stereocenters. The van der Waals surface area contributed by atoms with Crippen molar-refractivity contribution < 1.29 is 37.6 Å². The van der Waals surface area contributed by atoms with E-state index in [4.69, 9.17) is 24.3 Å². The van der Waals surface area contributed by atoms with Crippen LogP contribution in [0.4, 0.5) is 0 Å². The zero-order valence-electron chi connectivity index (χ0n) is 62.0. The maximum Gasteiger partial charge on any atom is 0.472 e. The number of allylic oxidation sites excluding steroid dienone is 14. The first-order valence-electron chi connectivity index (χ1n) is 40.6. The lowest BCUT2D eigenvalue weighted by Gasteiger charge is -2.19. The van der Waals surface area contributed by atoms with E-state index in [0.29, 0.717) is 6.42 Å². The molecule has 3 N–H and O–H groups in total. The van der Waals surface area contributed by atoms with Gasteiger partial charge in [0.15, 0.2) is 6.10 Å². The number of esters is 2. The molecule has 0 saturated heterocycles. The van der Waals surface area contributed by atoms with Gasteiger partial charge in [-0.05, 0) is 70.6 Å². The molecular weight excluding hydrogens is 1180 g/mol. The predicted molar refractivity (Wildman–Crippen MR) is 409 cm³/mol. The maximum absolute atomic E-state index is 12.8. The lowest BCUT2D eigenvalue weighted by atomic mass is 10.0. The van der Waals surface area contributed by atoms with Crippen LogP contribution in [0.2, 0.25) is 0 Å². The van der Waals surface area contributed by atoms with Crippen LogP contribution < -0.4 is 5.73 Å². The van der Waals surface area contributed by atoms with Crippen molar-refractivity contribution in [1.29, 1.82) is 0 Å². The molecule has 0 aliphatic rings. The molecule has 0 spiro atoms. The Hall–Kier alpha value is -2.81. The fourth-order valence-electron chi connectivity index (χ4n) is 12.1. The van der Waals surface area contributed by atoms with Crippen LogP contribution in [0.15, 0.2) is 85.1 Å². The summed E-state index contributed by atoms with van der Waals surface area (Å²) >= 11 is 0. The summed E-state index contributed by atoms with van der Waals surface area (Å²) in [5, 5.41) is 0. The summed E-state index contributed by atoms with van der Waals surface area (Å²) in [4.78, 5) is 35.5. The summed E-state index contributed by atoms with van der Waals surface area (Å²) in [6.45, 7) is 3.70. The number of phosphoric ester groups is 1. The van der Waals surface area contributed by atoms with Crippen molar-refractivity contribution in [3.63, 3.8) is 0 Å². The highest BCUT2D eigenvalue weighted by Crippen LogP contribution is 2.43. The van der Waals surface area contributed by atoms with Gasteiger partial charge < -0.3 is 20.1 Å². The van der Waals surface area contributed by atoms with E-state index in [1.807, 2.05) is 0 Å². The standard InChI is InChI=1S/C84H154NO8P/c1-3-5-7-9-11-13-15-17-19-21-23-25-27-29-31-33-35-37-38-39-40-41-42-43-44-45-47-49-51-53-55-57-59-61-63-65-67-69-71-73-75-77-84(87)93-82(81-92-94(88,89)91-79-78-85)80-90-83(86)76-74-72-70-68-66-64-62-60-58-56-54-52-50-48-46-36-34-32-30-28-26-24-22-20-18-16-14-12-10-8-6-4-2/h5,7,11,13,17,19,23,25,29,31,35,37,39-40,82H,3-4,6,8-10,12,14-16,18,20-22,24,26-28,30,32-34,36,38,41-81,85H2,1-2H3,(H,88,89)/b7-5-,13-11-,19-17-,25-23-,31-29-,37-35-,40-39-. The van der Waals surface area contributed by atoms with Gasteiger partial charge >= 0.3 is 19.8 Å². The van der Waals surface area contributed by atoms with Crippen molar-refractivity contribution in [3.05, 3.63) is 85.1 Å². The molecule has 2 unspecified atom stereocenters. The number of carbonyl (C=O) groups excluding carboxylic acids is 2. The Labute approximate surface area is 583 Å². The van der Waals surface area contributed by atoms with Gasteiger partial charge in [0.25, 0.3) is 0 Å². The van der Waals surface area contributed by atoms with Gasteiger partial charge in [-0.15, -0.1) is 0 Å². The van der Waals surface area contributed by atoms with Gasteiger partial charge in [-0.3, -0.25) is 18.6 Å². The van der Waals surface area contributed by atoms with Gasteiger partial charge in [0.2, 0.25) is 0 Å². The monoisotopic (exact) mass is 1340 g/mol. The maximum atomic E-state index is 12.8. The Morgan fingerprint density at radius 3 is 0.872 bits per heavy atom. The first-order chi connectivity index (χ1) is 46.3. The van der Waals surface area contributed by atoms with Gasteiger partial charge in [0, 0.05) is 19.4 Å². The van der Waals surface area contributed by atoms with Crippen molar-refractivity contribution in [2.45, 2.75) is 412 Å². The molecule has 0 aromatic carbocycles. The molecule has 0 amide bonds. The van der Waals surface area contributed by atoms with Gasteiger partial charge in [0.1, 0.15) is 6.61 Å². The summed E-state index contributed by atoms with van der Waals surface area (Å²) in [5.74, 6) is -0.806. The Morgan fingerprint density at radius 1 is 0.330 bits per heavy atom. The quantitative estimate of drug-likeness (QED) is 0.0264. The van der Waals surface area contributed by atoms with E-state index in [9.17, 15) is 19.0 Å². The minimum Gasteiger partial charge on any atom is -0.462 e. The second kappa shape index (κ2) is 79.2. The first kappa shape index (κ1) is 91.2. The molecule has 9 nitrogen and oxygen atoms in total. The highest BCUT2D eigenvalue weighted by Gasteiger charge is 2.26. The third-order valence-corrected chi connectivity index (χ3v) is 19.0. The van der Waals surface area contributed by atoms with Crippen LogP contribution in [0.5, 0.6) is 0 Å². The zero-order chi connectivity index (χ0) is 67.9. The summed E-state index contributed by atoms with van der Waals surface area (Å²) in [5.41, 5.74) is 5.42. The smallest absolute Gasteiger partial charge is 0.462 e. The zero-order valence-corrected chi connectivity index (χ0v) is 62.8. The highest BCUT2D eigenvalue weighted by atomic mass is 31.2. The SMILES string of the molecule is CC/C=C\C/C=C\C/C=C\C/C=C\C/C=C\C/C=C\C/C=C\CCCCCCCCCCCCCCCCCCCCCC(=O)OC(COC(=O)CCCCCCCCCCCCCCCCCCCCCCCCCCCCCCCCCC)COP(=O)(O)OCCN. The molecule has 0 aromatic heterocycles. The predicted octanol–water partition coefficient (Wildman–Crippen LogP) is 27.3. The summed E-state index contributed by atoms with van der Waals surface area (Å²) < 4.78 is 33.3. The Kier molecular flexibility index (Phi) is 76.8. The minimum absolute atomic E-state index is 0.0544. The molecule has 0 rings (SSSR count). The molecular formula is C84H154NO8P. The highest BCUT2D eigenvalue weighted by molar-refractivity contribution is 7.47. The number of carbonyl (C=O) groups is 2. The minimum atomic E-state index is -4.40. The van der Waals surface area contributed by atoms with E-state index in [2.05, 4.69) is 98.9 Å². The number of hydrogen-bond acceptors (Lipinski definition) is 8. The molecule has 10 heteroatoms. The number of phosphoric acid groups is 1. The second-order valence-electron chi connectivity index (χ2n) is 27.3. The summed E-state index contributed by atoms with van der Waals surface area (Å²) in [6.07, 6.45) is 107. The third-order valence-electron chi connectivity index (χ3n) is 18.0. The number of rotatable bonds is 77. The van der Waals surface area contributed by atoms with E-state index in [1.165, 1.54) is 295 Å². The molecule has 0 bridgehead atoms. The molecule has 0 heterocycles. The van der Waals surface area contributed by atoms with Crippen molar-refractivity contribution in [2.75, 3.05) is 26.4 Å². The van der Waals surface area contributed by atoms with E-state index in [1.54, 1.807) is 0 Å². The van der Waals surface area contributed by atoms with Crippen LogP contribution in [-0.4, -0.2) is 49.3 Å². The van der Waals surface area contributed by atoms with Crippen LogP contribution in [0.25, 0.3) is 0 Å². The fraction of sp³-hybridized carbons (Fsp3) is 0.810. The lowest BCUT2D eigenvalue weighted by Crippen LogP contribution is -2.29. The topological polar surface area (TPSA) is 134 Å². The van der Waals surface area contributed by atoms with Crippen LogP contribution >= 0.6 is 7.82 Å². The van der Waals surface area contributed by atoms with Gasteiger partial charge in [0.05, 0.1) is 13.2 Å². The number of unbranched alkanes of at least 4 members (excludes halogenated alkanes) is 50. The van der Waals surface area contributed by atoms with Crippen LogP contribution in [0, 0.1) is 0 Å². The molecule has 0 radical (unpaired) electrons. The molecule has 0 aliphatic carbocycles. The first-order valence-corrected chi connectivity index (χ1v) is 42.1. The lowest BCUT2D eigenvalue weighted by molar-refractivity contribution is -0.161. The van der Waals surface area contributed by atoms with E-state index >= 15 is 0 Å². The van der Waals surface area contributed by atoms with Gasteiger partial charge in [-0.25, -0.2) is 4.57 Å². The number of ether oxygens (including phenoxy) is 2. The van der Waals surface area contributed by atoms with E-state index < -0.39 is 26.5 Å². The third kappa shape index (κ3) is 78.2. The largest absolute Gasteiger partial charge is 0.472 e. The molecule has 0 aromatic rings. The average molecular weight is 1340 g/mol. The Bertz CT molecular complexity index is 1820. The number of nitrogens with two attached hydrogens (primary N) is 1. The average Bonchev–Trinajstić information content (AvgIpc) is 3.59. The Balaban J connectivity index is 3.77. The van der Waals surface area contributed by atoms with Crippen molar-refractivity contribution in [2.24, 2.45) is 5.73 Å².